The maximum Gasteiger partial charge on any atom is 0.257 e. The first-order valence-electron chi connectivity index (χ1n) is 6.59. The van der Waals surface area contributed by atoms with Crippen LogP contribution in [0.2, 0.25) is 0 Å². The van der Waals surface area contributed by atoms with Crippen LogP contribution in [-0.2, 0) is 0 Å². The fourth-order valence-electron chi connectivity index (χ4n) is 2.21. The minimum absolute atomic E-state index is 0.337. The number of hydrogen-bond acceptors (Lipinski definition) is 8. The Morgan fingerprint density at radius 2 is 2.05 bits per heavy atom. The molecule has 0 radical (unpaired) electrons. The van der Waals surface area contributed by atoms with Crippen LogP contribution in [-0.4, -0.2) is 35.0 Å². The average Bonchev–Trinajstić information content (AvgIpc) is 3.02. The third-order valence-corrected chi connectivity index (χ3v) is 4.38. The number of nitrogens with one attached hydrogen (secondary N) is 1. The smallest absolute Gasteiger partial charge is 0.257 e. The van der Waals surface area contributed by atoms with Gasteiger partial charge in [-0.3, -0.25) is 5.43 Å². The zero-order chi connectivity index (χ0) is 13.8. The Labute approximate surface area is 120 Å². The summed E-state index contributed by atoms with van der Waals surface area (Å²) in [6.45, 7) is 0. The summed E-state index contributed by atoms with van der Waals surface area (Å²) in [5, 5.41) is 5.27. The van der Waals surface area contributed by atoms with Crippen molar-refractivity contribution in [3.05, 3.63) is 12.7 Å². The molecule has 3 rings (SSSR count). The highest BCUT2D eigenvalue weighted by Gasteiger charge is 2.17. The molecule has 9 heteroatoms. The second kappa shape index (κ2) is 6.14. The van der Waals surface area contributed by atoms with Crippen molar-refractivity contribution in [2.75, 3.05) is 5.43 Å². The lowest BCUT2D eigenvalue weighted by atomic mass is 10.0. The van der Waals surface area contributed by atoms with Gasteiger partial charge in [-0.15, -0.1) is 0 Å². The molecule has 2 aromatic heterocycles. The molecule has 8 nitrogen and oxygen atoms in total. The van der Waals surface area contributed by atoms with Gasteiger partial charge >= 0.3 is 0 Å². The van der Waals surface area contributed by atoms with Crippen LogP contribution in [0.1, 0.15) is 32.1 Å². The minimum Gasteiger partial charge on any atom is -0.292 e. The van der Waals surface area contributed by atoms with Gasteiger partial charge in [-0.05, 0) is 12.8 Å². The number of anilines is 1. The second-order valence-electron chi connectivity index (χ2n) is 4.60. The summed E-state index contributed by atoms with van der Waals surface area (Å²) >= 11 is 1.69. The van der Waals surface area contributed by atoms with Crippen molar-refractivity contribution in [2.24, 2.45) is 5.84 Å². The molecule has 0 aliphatic heterocycles. The molecule has 0 atom stereocenters. The van der Waals surface area contributed by atoms with Crippen molar-refractivity contribution < 1.29 is 0 Å². The molecule has 2 aromatic rings. The molecule has 2 heterocycles. The maximum absolute atomic E-state index is 5.42. The number of aromatic nitrogens is 6. The number of thioether (sulfide) groups is 1. The van der Waals surface area contributed by atoms with Crippen LogP contribution in [0.25, 0.3) is 5.95 Å². The molecule has 0 aromatic carbocycles. The van der Waals surface area contributed by atoms with Gasteiger partial charge in [0, 0.05) is 5.25 Å². The van der Waals surface area contributed by atoms with E-state index in [2.05, 4.69) is 30.5 Å². The van der Waals surface area contributed by atoms with Crippen molar-refractivity contribution in [2.45, 2.75) is 42.5 Å². The topological polar surface area (TPSA) is 107 Å². The molecule has 20 heavy (non-hydrogen) atoms. The lowest BCUT2D eigenvalue weighted by Crippen LogP contribution is -2.15. The standard InChI is InChI=1S/C11H16N8S/c12-18-9-15-10(19-7-13-6-14-19)17-11(16-9)20-8-4-2-1-3-5-8/h6-8H,1-5,12H2,(H,15,16,17,18). The Morgan fingerprint density at radius 3 is 2.75 bits per heavy atom. The van der Waals surface area contributed by atoms with Crippen molar-refractivity contribution in [1.29, 1.82) is 0 Å². The van der Waals surface area contributed by atoms with Gasteiger partial charge in [0.05, 0.1) is 0 Å². The van der Waals surface area contributed by atoms with E-state index in [0.717, 1.165) is 0 Å². The highest BCUT2D eigenvalue weighted by atomic mass is 32.2. The lowest BCUT2D eigenvalue weighted by Gasteiger charge is -2.20. The van der Waals surface area contributed by atoms with Crippen LogP contribution in [0.15, 0.2) is 17.8 Å². The second-order valence-corrected chi connectivity index (χ2v) is 5.87. The Bertz CT molecular complexity index is 552. The molecule has 0 unspecified atom stereocenters. The predicted octanol–water partition coefficient (Wildman–Crippen LogP) is 1.16. The van der Waals surface area contributed by atoms with E-state index < -0.39 is 0 Å². The van der Waals surface area contributed by atoms with Gasteiger partial charge in [-0.1, -0.05) is 31.0 Å². The van der Waals surface area contributed by atoms with Crippen LogP contribution in [0.5, 0.6) is 0 Å². The predicted molar refractivity (Wildman–Crippen MR) is 75.3 cm³/mol. The molecule has 0 bridgehead atoms. The summed E-state index contributed by atoms with van der Waals surface area (Å²) in [6, 6.07) is 0. The molecular weight excluding hydrogens is 276 g/mol. The molecule has 1 aliphatic rings. The van der Waals surface area contributed by atoms with Gasteiger partial charge in [0.1, 0.15) is 12.7 Å². The number of nitrogen functional groups attached to an aromatic ring is 1. The number of hydrazine groups is 1. The van der Waals surface area contributed by atoms with Crippen LogP contribution >= 0.6 is 11.8 Å². The first kappa shape index (κ1) is 13.3. The van der Waals surface area contributed by atoms with E-state index in [4.69, 9.17) is 5.84 Å². The van der Waals surface area contributed by atoms with Crippen molar-refractivity contribution >= 4 is 17.7 Å². The van der Waals surface area contributed by atoms with Gasteiger partial charge in [0.15, 0.2) is 5.16 Å². The fraction of sp³-hybridized carbons (Fsp3) is 0.545. The zero-order valence-corrected chi connectivity index (χ0v) is 11.8. The molecular formula is C11H16N8S. The van der Waals surface area contributed by atoms with Gasteiger partial charge < -0.3 is 0 Å². The number of rotatable bonds is 4. The Morgan fingerprint density at radius 1 is 1.20 bits per heavy atom. The van der Waals surface area contributed by atoms with E-state index in [1.807, 2.05) is 0 Å². The monoisotopic (exact) mass is 292 g/mol. The summed E-state index contributed by atoms with van der Waals surface area (Å²) in [5.74, 6) is 6.17. The molecule has 1 aliphatic carbocycles. The molecule has 0 saturated heterocycles. The Balaban J connectivity index is 1.84. The van der Waals surface area contributed by atoms with Crippen molar-refractivity contribution in [3.8, 4) is 5.95 Å². The highest BCUT2D eigenvalue weighted by molar-refractivity contribution is 7.99. The third-order valence-electron chi connectivity index (χ3n) is 3.18. The van der Waals surface area contributed by atoms with E-state index >= 15 is 0 Å². The van der Waals surface area contributed by atoms with Gasteiger partial charge in [0.25, 0.3) is 5.95 Å². The van der Waals surface area contributed by atoms with Crippen molar-refractivity contribution in [1.82, 2.24) is 29.7 Å². The normalized spacial score (nSPS) is 16.2. The summed E-state index contributed by atoms with van der Waals surface area (Å²) in [6.07, 6.45) is 9.29. The fourth-order valence-corrected chi connectivity index (χ4v) is 3.35. The largest absolute Gasteiger partial charge is 0.292 e. The van der Waals surface area contributed by atoms with Crippen LogP contribution in [0.3, 0.4) is 0 Å². The van der Waals surface area contributed by atoms with Gasteiger partial charge in [-0.25, -0.2) is 10.8 Å². The van der Waals surface area contributed by atoms with Gasteiger partial charge in [-0.2, -0.15) is 24.7 Å². The average molecular weight is 292 g/mol. The first-order chi connectivity index (χ1) is 9.85. The maximum atomic E-state index is 5.42. The number of hydrogen-bond donors (Lipinski definition) is 2. The molecule has 3 N–H and O–H groups in total. The molecule has 106 valence electrons. The summed E-state index contributed by atoms with van der Waals surface area (Å²) in [4.78, 5) is 16.8. The van der Waals surface area contributed by atoms with E-state index in [1.54, 1.807) is 18.1 Å². The summed E-state index contributed by atoms with van der Waals surface area (Å²) < 4.78 is 1.49. The molecule has 1 saturated carbocycles. The first-order valence-corrected chi connectivity index (χ1v) is 7.47. The minimum atomic E-state index is 0.337. The van der Waals surface area contributed by atoms with Gasteiger partial charge in [0.2, 0.25) is 5.95 Å². The van der Waals surface area contributed by atoms with Crippen molar-refractivity contribution in [3.63, 3.8) is 0 Å². The van der Waals surface area contributed by atoms with E-state index in [0.29, 0.717) is 22.3 Å². The highest BCUT2D eigenvalue weighted by Crippen LogP contribution is 2.32. The Kier molecular flexibility index (Phi) is 4.07. The van der Waals surface area contributed by atoms with E-state index in [-0.39, 0.29) is 0 Å². The summed E-state index contributed by atoms with van der Waals surface area (Å²) in [5.41, 5.74) is 2.47. The zero-order valence-electron chi connectivity index (χ0n) is 10.9. The van der Waals surface area contributed by atoms with E-state index in [1.165, 1.54) is 43.1 Å². The van der Waals surface area contributed by atoms with Crippen LogP contribution < -0.4 is 11.3 Å². The lowest BCUT2D eigenvalue weighted by molar-refractivity contribution is 0.515. The number of nitrogens with zero attached hydrogens (tertiary/aromatic N) is 6. The molecule has 0 spiro atoms. The molecule has 1 fully saturated rings. The van der Waals surface area contributed by atoms with E-state index in [9.17, 15) is 0 Å². The molecule has 0 amide bonds. The quantitative estimate of drug-likeness (QED) is 0.638. The Hall–Kier alpha value is -1.74. The SMILES string of the molecule is NNc1nc(SC2CCCCC2)nc(-n2cncn2)n1. The third kappa shape index (κ3) is 3.05. The number of nitrogens with two attached hydrogens (primary N) is 1. The van der Waals surface area contributed by atoms with Crippen LogP contribution in [0, 0.1) is 0 Å². The van der Waals surface area contributed by atoms with Crippen LogP contribution in [0.4, 0.5) is 5.95 Å². The summed E-state index contributed by atoms with van der Waals surface area (Å²) in [7, 11) is 0.